The smallest absolute Gasteiger partial charge is 0.335 e. The predicted octanol–water partition coefficient (Wildman–Crippen LogP) is 2.35. The van der Waals surface area contributed by atoms with Crippen molar-refractivity contribution in [1.82, 2.24) is 5.32 Å². The van der Waals surface area contributed by atoms with Crippen molar-refractivity contribution < 1.29 is 19.4 Å². The number of nitrogens with one attached hydrogen (secondary N) is 1. The van der Waals surface area contributed by atoms with Crippen LogP contribution in [0.1, 0.15) is 48.5 Å². The van der Waals surface area contributed by atoms with Crippen molar-refractivity contribution in [1.29, 1.82) is 0 Å². The van der Waals surface area contributed by atoms with Gasteiger partial charge in [-0.05, 0) is 43.9 Å². The van der Waals surface area contributed by atoms with E-state index < -0.39 is 5.97 Å². The Labute approximate surface area is 124 Å². The van der Waals surface area contributed by atoms with E-state index in [0.29, 0.717) is 19.1 Å². The third kappa shape index (κ3) is 4.86. The first-order chi connectivity index (χ1) is 10.0. The lowest BCUT2D eigenvalue weighted by molar-refractivity contribution is -0.122. The molecular formula is C16H21NO4. The normalized spacial score (nSPS) is 21.2. The van der Waals surface area contributed by atoms with Crippen molar-refractivity contribution in [2.24, 2.45) is 0 Å². The Kier molecular flexibility index (Phi) is 5.33. The van der Waals surface area contributed by atoms with Crippen LogP contribution in [0.5, 0.6) is 0 Å². The van der Waals surface area contributed by atoms with Crippen molar-refractivity contribution in [3.05, 3.63) is 35.4 Å². The standard InChI is InChI=1S/C16H21NO4/c1-11-2-7-14(21-11)8-9-15(18)17-10-12-3-5-13(6-4-12)16(19)20/h3-6,11,14H,2,7-10H2,1H3,(H,17,18)(H,19,20)/t11-,14+/m0/s1. The van der Waals surface area contributed by atoms with Crippen molar-refractivity contribution in [3.8, 4) is 0 Å². The van der Waals surface area contributed by atoms with Gasteiger partial charge in [0.2, 0.25) is 5.91 Å². The van der Waals surface area contributed by atoms with Crippen LogP contribution in [0.3, 0.4) is 0 Å². The maximum atomic E-state index is 11.8. The van der Waals surface area contributed by atoms with E-state index in [1.54, 1.807) is 12.1 Å². The number of ether oxygens (including phenoxy) is 1. The first-order valence-electron chi connectivity index (χ1n) is 7.29. The largest absolute Gasteiger partial charge is 0.478 e. The summed E-state index contributed by atoms with van der Waals surface area (Å²) in [6.45, 7) is 2.47. The second-order valence-electron chi connectivity index (χ2n) is 5.46. The van der Waals surface area contributed by atoms with Crippen LogP contribution >= 0.6 is 0 Å². The molecule has 0 bridgehead atoms. The molecule has 5 nitrogen and oxygen atoms in total. The molecule has 114 valence electrons. The van der Waals surface area contributed by atoms with Crippen LogP contribution in [-0.2, 0) is 16.1 Å². The first kappa shape index (κ1) is 15.5. The fourth-order valence-electron chi connectivity index (χ4n) is 2.44. The topological polar surface area (TPSA) is 75.6 Å². The summed E-state index contributed by atoms with van der Waals surface area (Å²) in [6, 6.07) is 6.51. The Bertz CT molecular complexity index is 498. The quantitative estimate of drug-likeness (QED) is 0.843. The lowest BCUT2D eigenvalue weighted by atomic mass is 10.1. The maximum absolute atomic E-state index is 11.8. The number of aromatic carboxylic acids is 1. The number of rotatable bonds is 6. The van der Waals surface area contributed by atoms with Gasteiger partial charge in [-0.25, -0.2) is 4.79 Å². The fraction of sp³-hybridized carbons (Fsp3) is 0.500. The van der Waals surface area contributed by atoms with Crippen LogP contribution in [0.25, 0.3) is 0 Å². The second kappa shape index (κ2) is 7.22. The zero-order chi connectivity index (χ0) is 15.2. The Morgan fingerprint density at radius 3 is 2.57 bits per heavy atom. The number of carboxylic acid groups (broad SMARTS) is 1. The molecular weight excluding hydrogens is 270 g/mol. The summed E-state index contributed by atoms with van der Waals surface area (Å²) in [5.74, 6) is -0.947. The SMILES string of the molecule is C[C@H]1CC[C@H](CCC(=O)NCc2ccc(C(=O)O)cc2)O1. The third-order valence-electron chi connectivity index (χ3n) is 3.70. The molecule has 0 aliphatic carbocycles. The Morgan fingerprint density at radius 1 is 1.29 bits per heavy atom. The van der Waals surface area contributed by atoms with Gasteiger partial charge in [0, 0.05) is 13.0 Å². The van der Waals surface area contributed by atoms with Gasteiger partial charge in [-0.15, -0.1) is 0 Å². The van der Waals surface area contributed by atoms with E-state index in [0.717, 1.165) is 24.8 Å². The zero-order valence-corrected chi connectivity index (χ0v) is 12.2. The average Bonchev–Trinajstić information content (AvgIpc) is 2.89. The van der Waals surface area contributed by atoms with Gasteiger partial charge in [0.15, 0.2) is 0 Å². The number of carbonyl (C=O) groups is 2. The molecule has 5 heteroatoms. The summed E-state index contributed by atoms with van der Waals surface area (Å²) >= 11 is 0. The number of carboxylic acids is 1. The molecule has 0 radical (unpaired) electrons. The molecule has 1 aromatic rings. The van der Waals surface area contributed by atoms with Gasteiger partial charge in [-0.2, -0.15) is 0 Å². The lowest BCUT2D eigenvalue weighted by Gasteiger charge is -2.11. The molecule has 2 rings (SSSR count). The molecule has 2 atom stereocenters. The first-order valence-corrected chi connectivity index (χ1v) is 7.29. The van der Waals surface area contributed by atoms with Crippen LogP contribution in [0, 0.1) is 0 Å². The van der Waals surface area contributed by atoms with Crippen molar-refractivity contribution in [2.75, 3.05) is 0 Å². The van der Waals surface area contributed by atoms with E-state index in [9.17, 15) is 9.59 Å². The molecule has 0 spiro atoms. The Balaban J connectivity index is 1.69. The molecule has 21 heavy (non-hydrogen) atoms. The summed E-state index contributed by atoms with van der Waals surface area (Å²) in [4.78, 5) is 22.5. The summed E-state index contributed by atoms with van der Waals surface area (Å²) < 4.78 is 5.67. The molecule has 1 aliphatic rings. The van der Waals surface area contributed by atoms with E-state index in [2.05, 4.69) is 12.2 Å². The highest BCUT2D eigenvalue weighted by atomic mass is 16.5. The lowest BCUT2D eigenvalue weighted by Crippen LogP contribution is -2.24. The van der Waals surface area contributed by atoms with Gasteiger partial charge in [0.05, 0.1) is 17.8 Å². The van der Waals surface area contributed by atoms with Gasteiger partial charge in [0.25, 0.3) is 0 Å². The van der Waals surface area contributed by atoms with Crippen LogP contribution < -0.4 is 5.32 Å². The van der Waals surface area contributed by atoms with Gasteiger partial charge in [-0.1, -0.05) is 12.1 Å². The van der Waals surface area contributed by atoms with E-state index in [1.807, 2.05) is 0 Å². The highest BCUT2D eigenvalue weighted by molar-refractivity contribution is 5.87. The highest BCUT2D eigenvalue weighted by Crippen LogP contribution is 2.22. The number of hydrogen-bond donors (Lipinski definition) is 2. The van der Waals surface area contributed by atoms with Gasteiger partial charge in [-0.3, -0.25) is 4.79 Å². The number of benzene rings is 1. The molecule has 1 amide bonds. The third-order valence-corrected chi connectivity index (χ3v) is 3.70. The van der Waals surface area contributed by atoms with Crippen LogP contribution in [0.15, 0.2) is 24.3 Å². The molecule has 1 fully saturated rings. The minimum atomic E-state index is -0.948. The molecule has 0 unspecified atom stereocenters. The molecule has 1 saturated heterocycles. The van der Waals surface area contributed by atoms with E-state index in [-0.39, 0.29) is 17.6 Å². The molecule has 1 aromatic carbocycles. The van der Waals surface area contributed by atoms with Crippen LogP contribution in [-0.4, -0.2) is 29.2 Å². The van der Waals surface area contributed by atoms with Crippen LogP contribution in [0.4, 0.5) is 0 Å². The molecule has 0 aromatic heterocycles. The summed E-state index contributed by atoms with van der Waals surface area (Å²) in [5, 5.41) is 11.6. The minimum Gasteiger partial charge on any atom is -0.478 e. The number of carbonyl (C=O) groups excluding carboxylic acids is 1. The Hall–Kier alpha value is -1.88. The van der Waals surface area contributed by atoms with Crippen molar-refractivity contribution in [2.45, 2.75) is 51.4 Å². The summed E-state index contributed by atoms with van der Waals surface area (Å²) in [7, 11) is 0. The second-order valence-corrected chi connectivity index (χ2v) is 5.46. The van der Waals surface area contributed by atoms with Gasteiger partial charge < -0.3 is 15.2 Å². The van der Waals surface area contributed by atoms with Crippen LogP contribution in [0.2, 0.25) is 0 Å². The highest BCUT2D eigenvalue weighted by Gasteiger charge is 2.22. The maximum Gasteiger partial charge on any atom is 0.335 e. The molecule has 1 aliphatic heterocycles. The minimum absolute atomic E-state index is 0.000430. The molecule has 1 heterocycles. The average molecular weight is 291 g/mol. The van der Waals surface area contributed by atoms with Crippen molar-refractivity contribution >= 4 is 11.9 Å². The number of amides is 1. The molecule has 2 N–H and O–H groups in total. The zero-order valence-electron chi connectivity index (χ0n) is 12.2. The predicted molar refractivity (Wildman–Crippen MR) is 78.1 cm³/mol. The number of hydrogen-bond acceptors (Lipinski definition) is 3. The fourth-order valence-corrected chi connectivity index (χ4v) is 2.44. The van der Waals surface area contributed by atoms with E-state index in [1.165, 1.54) is 12.1 Å². The summed E-state index contributed by atoms with van der Waals surface area (Å²) in [6.07, 6.45) is 3.85. The molecule has 0 saturated carbocycles. The monoisotopic (exact) mass is 291 g/mol. The van der Waals surface area contributed by atoms with E-state index >= 15 is 0 Å². The van der Waals surface area contributed by atoms with Crippen molar-refractivity contribution in [3.63, 3.8) is 0 Å². The van der Waals surface area contributed by atoms with E-state index in [4.69, 9.17) is 9.84 Å². The summed E-state index contributed by atoms with van der Waals surface area (Å²) in [5.41, 5.74) is 1.14. The van der Waals surface area contributed by atoms with Gasteiger partial charge >= 0.3 is 5.97 Å². The van der Waals surface area contributed by atoms with Gasteiger partial charge in [0.1, 0.15) is 0 Å². The Morgan fingerprint density at radius 2 is 2.00 bits per heavy atom.